The molecule has 4 fully saturated rings. The molecule has 0 saturated heterocycles. The van der Waals surface area contributed by atoms with Crippen LogP contribution in [0, 0.1) is 29.1 Å². The van der Waals surface area contributed by atoms with Gasteiger partial charge in [0.05, 0.1) is 11.6 Å². The van der Waals surface area contributed by atoms with E-state index in [-0.39, 0.29) is 0 Å². The molecule has 4 bridgehead atoms. The summed E-state index contributed by atoms with van der Waals surface area (Å²) in [5.74, 6) is 4.73. The highest BCUT2D eigenvalue weighted by Gasteiger charge is 2.51. The minimum atomic E-state index is 0.347. The number of aromatic nitrogens is 3. The van der Waals surface area contributed by atoms with Gasteiger partial charge in [-0.25, -0.2) is 15.0 Å². The number of nitrogens with zero attached hydrogens (tertiary/aromatic N) is 4. The largest absolute Gasteiger partial charge is 0.208 e. The molecule has 0 aliphatic heterocycles. The lowest BCUT2D eigenvalue weighted by Crippen LogP contribution is -2.48. The van der Waals surface area contributed by atoms with E-state index in [2.05, 4.69) is 115 Å². The van der Waals surface area contributed by atoms with E-state index in [4.69, 9.17) is 15.0 Å². The number of hydrogen-bond donors (Lipinski definition) is 0. The Morgan fingerprint density at radius 2 is 1.02 bits per heavy atom. The van der Waals surface area contributed by atoms with Crippen molar-refractivity contribution in [2.24, 2.45) is 17.8 Å². The third-order valence-corrected chi connectivity index (χ3v) is 12.7. The van der Waals surface area contributed by atoms with Gasteiger partial charge in [-0.1, -0.05) is 109 Å². The number of fused-ring (bicyclic) bond motifs is 7. The number of rotatable bonds is 4. The molecule has 1 aromatic heterocycles. The van der Waals surface area contributed by atoms with E-state index in [0.717, 1.165) is 72.1 Å². The predicted octanol–water partition coefficient (Wildman–Crippen LogP) is 11.8. The Bertz CT molecular complexity index is 2730. The maximum absolute atomic E-state index is 10.0. The van der Waals surface area contributed by atoms with Gasteiger partial charge in [0.15, 0.2) is 17.5 Å². The van der Waals surface area contributed by atoms with E-state index in [1.54, 1.807) is 0 Å². The van der Waals surface area contributed by atoms with Gasteiger partial charge in [0, 0.05) is 22.1 Å². The standard InChI is InChI=1S/C48H36N4/c49-28-37-8-5-11-42-40-19-16-36(24-43(40)39-9-3-4-10-41(39)44(37)42)47-51-45(50-46(52-47)35-13-12-32-6-1-2-7-34(32)23-35)33-14-17-38(18-15-33)48-25-29-20-30(26-48)22-31(21-29)27-48/h1-19,23-24,29-31H,20-22,25-27H2. The van der Waals surface area contributed by atoms with Crippen LogP contribution in [0.3, 0.4) is 0 Å². The van der Waals surface area contributed by atoms with Crippen LogP contribution in [0.25, 0.3) is 77.3 Å². The Morgan fingerprint density at radius 3 is 1.71 bits per heavy atom. The van der Waals surface area contributed by atoms with Crippen LogP contribution in [0.15, 0.2) is 127 Å². The second kappa shape index (κ2) is 11.3. The Labute approximate surface area is 302 Å². The first kappa shape index (κ1) is 29.8. The van der Waals surface area contributed by atoms with Crippen molar-refractivity contribution in [3.63, 3.8) is 0 Å². The Morgan fingerprint density at radius 1 is 0.481 bits per heavy atom. The van der Waals surface area contributed by atoms with E-state index in [0.29, 0.717) is 28.5 Å². The first-order valence-electron chi connectivity index (χ1n) is 18.7. The molecule has 52 heavy (non-hydrogen) atoms. The Balaban J connectivity index is 1.08. The summed E-state index contributed by atoms with van der Waals surface area (Å²) in [6.07, 6.45) is 8.40. The molecule has 0 unspecified atom stereocenters. The van der Waals surface area contributed by atoms with Crippen LogP contribution in [-0.4, -0.2) is 15.0 Å². The summed E-state index contributed by atoms with van der Waals surface area (Å²) in [5, 5.41) is 18.8. The molecule has 4 aliphatic rings. The van der Waals surface area contributed by atoms with Gasteiger partial charge in [0.1, 0.15) is 0 Å². The first-order chi connectivity index (χ1) is 25.6. The van der Waals surface area contributed by atoms with Crippen LogP contribution in [-0.2, 0) is 5.41 Å². The SMILES string of the molecule is N#Cc1cccc2c3ccc(-c4nc(-c5ccc(C67CC8CC(CC(C8)C6)C7)cc5)nc(-c5ccc6ccccc6c5)n4)cc3c3ccccc3c12. The van der Waals surface area contributed by atoms with E-state index < -0.39 is 0 Å². The van der Waals surface area contributed by atoms with Gasteiger partial charge in [-0.2, -0.15) is 5.26 Å². The van der Waals surface area contributed by atoms with Crippen LogP contribution in [0.1, 0.15) is 49.7 Å². The van der Waals surface area contributed by atoms with Crippen molar-refractivity contribution >= 4 is 43.1 Å². The highest BCUT2D eigenvalue weighted by atomic mass is 15.0. The van der Waals surface area contributed by atoms with Crippen LogP contribution in [0.2, 0.25) is 0 Å². The number of nitriles is 1. The Hall–Kier alpha value is -5.92. The van der Waals surface area contributed by atoms with Gasteiger partial charge in [0.25, 0.3) is 0 Å². The van der Waals surface area contributed by atoms with Gasteiger partial charge in [-0.05, 0) is 123 Å². The normalized spacial score (nSPS) is 22.0. The van der Waals surface area contributed by atoms with Crippen molar-refractivity contribution in [1.29, 1.82) is 5.26 Å². The minimum Gasteiger partial charge on any atom is -0.208 e. The summed E-state index contributed by atoms with van der Waals surface area (Å²) in [6.45, 7) is 0. The third kappa shape index (κ3) is 4.62. The van der Waals surface area contributed by atoms with Gasteiger partial charge < -0.3 is 0 Å². The molecule has 0 radical (unpaired) electrons. The zero-order valence-corrected chi connectivity index (χ0v) is 28.9. The summed E-state index contributed by atoms with van der Waals surface area (Å²) in [7, 11) is 0. The molecule has 4 saturated carbocycles. The molecule has 0 N–H and O–H groups in total. The van der Waals surface area contributed by atoms with E-state index in [1.165, 1.54) is 49.5 Å². The zero-order chi connectivity index (χ0) is 34.4. The van der Waals surface area contributed by atoms with E-state index >= 15 is 0 Å². The van der Waals surface area contributed by atoms with Crippen molar-refractivity contribution in [2.45, 2.75) is 43.9 Å². The van der Waals surface area contributed by atoms with Crippen molar-refractivity contribution in [1.82, 2.24) is 15.0 Å². The number of benzene rings is 7. The van der Waals surface area contributed by atoms with E-state index in [9.17, 15) is 5.26 Å². The average molecular weight is 669 g/mol. The molecule has 4 aliphatic carbocycles. The molecule has 1 heterocycles. The monoisotopic (exact) mass is 668 g/mol. The van der Waals surface area contributed by atoms with Crippen molar-refractivity contribution in [2.75, 3.05) is 0 Å². The summed E-state index contributed by atoms with van der Waals surface area (Å²) >= 11 is 0. The fourth-order valence-corrected chi connectivity index (χ4v) is 10.8. The van der Waals surface area contributed by atoms with Crippen molar-refractivity contribution < 1.29 is 0 Å². The average Bonchev–Trinajstić information content (AvgIpc) is 3.19. The fraction of sp³-hybridized carbons (Fsp3) is 0.208. The lowest BCUT2D eigenvalue weighted by Gasteiger charge is -2.57. The van der Waals surface area contributed by atoms with Crippen LogP contribution in [0.4, 0.5) is 0 Å². The summed E-state index contributed by atoms with van der Waals surface area (Å²) < 4.78 is 0. The molecular weight excluding hydrogens is 633 g/mol. The molecule has 0 amide bonds. The maximum atomic E-state index is 10.0. The van der Waals surface area contributed by atoms with Gasteiger partial charge in [0.2, 0.25) is 0 Å². The summed E-state index contributed by atoms with van der Waals surface area (Å²) in [4.78, 5) is 15.5. The molecule has 12 rings (SSSR count). The second-order valence-corrected chi connectivity index (χ2v) is 15.8. The van der Waals surface area contributed by atoms with Gasteiger partial charge >= 0.3 is 0 Å². The van der Waals surface area contributed by atoms with Crippen molar-refractivity contribution in [3.8, 4) is 40.2 Å². The lowest BCUT2D eigenvalue weighted by molar-refractivity contribution is -0.00518. The lowest BCUT2D eigenvalue weighted by atomic mass is 9.48. The van der Waals surface area contributed by atoms with Crippen LogP contribution in [0.5, 0.6) is 0 Å². The van der Waals surface area contributed by atoms with Crippen LogP contribution >= 0.6 is 0 Å². The summed E-state index contributed by atoms with van der Waals surface area (Å²) in [6, 6.07) is 47.5. The quantitative estimate of drug-likeness (QED) is 0.175. The molecule has 4 heteroatoms. The highest BCUT2D eigenvalue weighted by molar-refractivity contribution is 6.26. The molecule has 248 valence electrons. The molecular formula is C48H36N4. The van der Waals surface area contributed by atoms with Crippen LogP contribution < -0.4 is 0 Å². The smallest absolute Gasteiger partial charge is 0.164 e. The highest BCUT2D eigenvalue weighted by Crippen LogP contribution is 2.60. The molecule has 4 nitrogen and oxygen atoms in total. The maximum Gasteiger partial charge on any atom is 0.164 e. The number of hydrogen-bond acceptors (Lipinski definition) is 4. The first-order valence-corrected chi connectivity index (χ1v) is 18.7. The van der Waals surface area contributed by atoms with Gasteiger partial charge in [-0.3, -0.25) is 0 Å². The third-order valence-electron chi connectivity index (χ3n) is 12.7. The van der Waals surface area contributed by atoms with Gasteiger partial charge in [-0.15, -0.1) is 0 Å². The topological polar surface area (TPSA) is 62.5 Å². The predicted molar refractivity (Wildman–Crippen MR) is 211 cm³/mol. The molecule has 7 aromatic carbocycles. The molecule has 0 spiro atoms. The summed E-state index contributed by atoms with van der Waals surface area (Å²) in [5.41, 5.74) is 5.46. The second-order valence-electron chi connectivity index (χ2n) is 15.8. The van der Waals surface area contributed by atoms with E-state index in [1.807, 2.05) is 18.2 Å². The fourth-order valence-electron chi connectivity index (χ4n) is 10.8. The Kier molecular flexibility index (Phi) is 6.47. The minimum absolute atomic E-state index is 0.347. The van der Waals surface area contributed by atoms with Crippen molar-refractivity contribution in [3.05, 3.63) is 139 Å². The zero-order valence-electron chi connectivity index (χ0n) is 28.9. The molecule has 8 aromatic rings. The molecule has 0 atom stereocenters.